The van der Waals surface area contributed by atoms with E-state index in [1.54, 1.807) is 6.92 Å². The fraction of sp³-hybridized carbons (Fsp3) is 0.917. The summed E-state index contributed by atoms with van der Waals surface area (Å²) >= 11 is 0. The summed E-state index contributed by atoms with van der Waals surface area (Å²) in [5.41, 5.74) is -0.429. The van der Waals surface area contributed by atoms with E-state index < -0.39 is 5.41 Å². The average Bonchev–Trinajstić information content (AvgIpc) is 2.41. The summed E-state index contributed by atoms with van der Waals surface area (Å²) in [7, 11) is 0. The van der Waals surface area contributed by atoms with Gasteiger partial charge in [-0.05, 0) is 44.4 Å². The highest BCUT2D eigenvalue weighted by Gasteiger charge is 2.52. The van der Waals surface area contributed by atoms with Gasteiger partial charge in [-0.3, -0.25) is 14.9 Å². The molecule has 2 aliphatic rings. The van der Waals surface area contributed by atoms with Crippen molar-refractivity contribution in [2.45, 2.75) is 39.0 Å². The maximum absolute atomic E-state index is 11.6. The second kappa shape index (κ2) is 4.63. The van der Waals surface area contributed by atoms with Crippen LogP contribution in [0.15, 0.2) is 0 Å². The zero-order valence-corrected chi connectivity index (χ0v) is 10.2. The van der Waals surface area contributed by atoms with E-state index in [1.165, 1.54) is 12.8 Å². The van der Waals surface area contributed by atoms with E-state index in [4.69, 9.17) is 4.74 Å². The second-order valence-corrected chi connectivity index (χ2v) is 5.48. The van der Waals surface area contributed by atoms with E-state index in [1.807, 2.05) is 0 Å². The standard InChI is InChI=1S/C12H19NO4/c1-2-17-11(14)7-12(8-13(15)16)5-9-3-4-10(9)6-12/h9-10H,2-8H2,1H3/t9-,10+,12?. The highest BCUT2D eigenvalue weighted by molar-refractivity contribution is 5.70. The Morgan fingerprint density at radius 1 is 1.41 bits per heavy atom. The molecule has 0 radical (unpaired) electrons. The lowest BCUT2D eigenvalue weighted by Crippen LogP contribution is -2.31. The highest BCUT2D eigenvalue weighted by atomic mass is 16.6. The molecule has 5 heteroatoms. The van der Waals surface area contributed by atoms with E-state index in [-0.39, 0.29) is 23.9 Å². The number of carbonyl (C=O) groups is 1. The molecule has 0 saturated heterocycles. The lowest BCUT2D eigenvalue weighted by Gasteiger charge is -2.29. The van der Waals surface area contributed by atoms with E-state index in [9.17, 15) is 14.9 Å². The van der Waals surface area contributed by atoms with Crippen LogP contribution >= 0.6 is 0 Å². The molecule has 0 N–H and O–H groups in total. The number of nitro groups is 1. The molecule has 0 heterocycles. The van der Waals surface area contributed by atoms with Gasteiger partial charge in [0.05, 0.1) is 13.0 Å². The molecule has 0 amide bonds. The zero-order chi connectivity index (χ0) is 12.5. The molecule has 1 unspecified atom stereocenters. The summed E-state index contributed by atoms with van der Waals surface area (Å²) in [6.45, 7) is 2.02. The second-order valence-electron chi connectivity index (χ2n) is 5.48. The molecule has 96 valence electrons. The Balaban J connectivity index is 2.02. The molecule has 2 fully saturated rings. The van der Waals surface area contributed by atoms with Gasteiger partial charge in [0.2, 0.25) is 6.54 Å². The predicted octanol–water partition coefficient (Wildman–Crippen LogP) is 2.02. The van der Waals surface area contributed by atoms with Gasteiger partial charge in [-0.15, -0.1) is 0 Å². The van der Waals surface area contributed by atoms with Crippen LogP contribution in [-0.2, 0) is 9.53 Å². The van der Waals surface area contributed by atoms with E-state index in [0.29, 0.717) is 18.4 Å². The summed E-state index contributed by atoms with van der Waals surface area (Å²) in [6, 6.07) is 0. The Morgan fingerprint density at radius 2 is 2.00 bits per heavy atom. The number of hydrogen-bond donors (Lipinski definition) is 0. The molecule has 0 aromatic carbocycles. The van der Waals surface area contributed by atoms with Gasteiger partial charge < -0.3 is 4.74 Å². The maximum Gasteiger partial charge on any atom is 0.306 e. The van der Waals surface area contributed by atoms with E-state index >= 15 is 0 Å². The lowest BCUT2D eigenvalue weighted by molar-refractivity contribution is -0.497. The first kappa shape index (κ1) is 12.3. The number of fused-ring (bicyclic) bond motifs is 1. The molecule has 17 heavy (non-hydrogen) atoms. The number of nitrogens with zero attached hydrogens (tertiary/aromatic N) is 1. The van der Waals surface area contributed by atoms with Crippen molar-refractivity contribution in [1.29, 1.82) is 0 Å². The van der Waals surface area contributed by atoms with Crippen molar-refractivity contribution < 1.29 is 14.5 Å². The zero-order valence-electron chi connectivity index (χ0n) is 10.2. The Kier molecular flexibility index (Phi) is 3.35. The summed E-state index contributed by atoms with van der Waals surface area (Å²) in [5.74, 6) is 0.949. The van der Waals surface area contributed by atoms with Crippen LogP contribution in [0, 0.1) is 27.4 Å². The largest absolute Gasteiger partial charge is 0.466 e. The molecule has 3 atom stereocenters. The van der Waals surface area contributed by atoms with Crippen molar-refractivity contribution in [1.82, 2.24) is 0 Å². The minimum Gasteiger partial charge on any atom is -0.466 e. The fourth-order valence-corrected chi connectivity index (χ4v) is 3.49. The quantitative estimate of drug-likeness (QED) is 0.419. The van der Waals surface area contributed by atoms with E-state index in [2.05, 4.69) is 0 Å². The number of carbonyl (C=O) groups excluding carboxylic acids is 1. The van der Waals surface area contributed by atoms with Crippen molar-refractivity contribution in [2.75, 3.05) is 13.2 Å². The van der Waals surface area contributed by atoms with Gasteiger partial charge in [-0.25, -0.2) is 0 Å². The van der Waals surface area contributed by atoms with Crippen molar-refractivity contribution in [2.24, 2.45) is 17.3 Å². The summed E-state index contributed by atoms with van der Waals surface area (Å²) in [5, 5.41) is 10.8. The van der Waals surface area contributed by atoms with Crippen LogP contribution in [0.5, 0.6) is 0 Å². The first-order valence-electron chi connectivity index (χ1n) is 6.32. The number of ether oxygens (including phenoxy) is 1. The summed E-state index contributed by atoms with van der Waals surface area (Å²) in [4.78, 5) is 22.1. The lowest BCUT2D eigenvalue weighted by atomic mass is 9.77. The molecule has 5 nitrogen and oxygen atoms in total. The Hall–Kier alpha value is -1.13. The summed E-state index contributed by atoms with van der Waals surface area (Å²) < 4.78 is 4.94. The van der Waals surface area contributed by atoms with Gasteiger partial charge in [0.25, 0.3) is 0 Å². The molecule has 0 aromatic heterocycles. The van der Waals surface area contributed by atoms with Gasteiger partial charge in [0.1, 0.15) is 0 Å². The Morgan fingerprint density at radius 3 is 2.41 bits per heavy atom. The normalized spacial score (nSPS) is 34.9. The Labute approximate surface area is 101 Å². The molecular weight excluding hydrogens is 222 g/mol. The van der Waals surface area contributed by atoms with Crippen LogP contribution < -0.4 is 0 Å². The molecule has 0 bridgehead atoms. The minimum absolute atomic E-state index is 0.0845. The van der Waals surface area contributed by atoms with Gasteiger partial charge in [0.15, 0.2) is 0 Å². The van der Waals surface area contributed by atoms with Gasteiger partial charge in [-0.2, -0.15) is 0 Å². The van der Waals surface area contributed by atoms with Crippen molar-refractivity contribution >= 4 is 5.97 Å². The molecule has 0 aliphatic heterocycles. The molecule has 0 aromatic rings. The fourth-order valence-electron chi connectivity index (χ4n) is 3.49. The topological polar surface area (TPSA) is 69.4 Å². The van der Waals surface area contributed by atoms with Crippen LogP contribution in [0.3, 0.4) is 0 Å². The molecule has 2 saturated carbocycles. The van der Waals surface area contributed by atoms with E-state index in [0.717, 1.165) is 12.8 Å². The number of esters is 1. The van der Waals surface area contributed by atoms with Crippen molar-refractivity contribution in [3.05, 3.63) is 10.1 Å². The third kappa shape index (κ3) is 2.58. The monoisotopic (exact) mass is 241 g/mol. The smallest absolute Gasteiger partial charge is 0.306 e. The van der Waals surface area contributed by atoms with Gasteiger partial charge >= 0.3 is 5.97 Å². The van der Waals surface area contributed by atoms with Crippen LogP contribution in [0.2, 0.25) is 0 Å². The molecule has 2 aliphatic carbocycles. The molecule has 2 rings (SSSR count). The van der Waals surface area contributed by atoms with Gasteiger partial charge in [0, 0.05) is 10.3 Å². The maximum atomic E-state index is 11.6. The molecular formula is C12H19NO4. The van der Waals surface area contributed by atoms with Crippen molar-refractivity contribution in [3.63, 3.8) is 0 Å². The highest BCUT2D eigenvalue weighted by Crippen LogP contribution is 2.56. The van der Waals surface area contributed by atoms with Crippen LogP contribution in [0.1, 0.15) is 39.0 Å². The van der Waals surface area contributed by atoms with Crippen molar-refractivity contribution in [3.8, 4) is 0 Å². The predicted molar refractivity (Wildman–Crippen MR) is 61.0 cm³/mol. The first-order valence-corrected chi connectivity index (χ1v) is 6.32. The summed E-state index contributed by atoms with van der Waals surface area (Å²) in [6.07, 6.45) is 4.23. The van der Waals surface area contributed by atoms with Crippen LogP contribution in [0.4, 0.5) is 0 Å². The molecule has 0 spiro atoms. The Bertz CT molecular complexity index is 316. The van der Waals surface area contributed by atoms with Crippen LogP contribution in [0.25, 0.3) is 0 Å². The van der Waals surface area contributed by atoms with Crippen LogP contribution in [-0.4, -0.2) is 24.0 Å². The number of rotatable bonds is 5. The minimum atomic E-state index is -0.429. The number of hydrogen-bond acceptors (Lipinski definition) is 4. The average molecular weight is 241 g/mol. The third-order valence-electron chi connectivity index (χ3n) is 4.25. The van der Waals surface area contributed by atoms with Gasteiger partial charge in [-0.1, -0.05) is 0 Å². The first-order chi connectivity index (χ1) is 8.04. The third-order valence-corrected chi connectivity index (χ3v) is 4.25. The SMILES string of the molecule is CCOC(=O)CC1(C[N+](=O)[O-])C[C@H]2CC[C@H]2C1.